The summed E-state index contributed by atoms with van der Waals surface area (Å²) in [4.78, 5) is 24.2. The Bertz CT molecular complexity index is 572. The van der Waals surface area contributed by atoms with Gasteiger partial charge >= 0.3 is 0 Å². The van der Waals surface area contributed by atoms with E-state index in [4.69, 9.17) is 4.74 Å². The maximum Gasteiger partial charge on any atom is 0.223 e. The zero-order chi connectivity index (χ0) is 18.1. The Balaban J connectivity index is 1.67. The fourth-order valence-electron chi connectivity index (χ4n) is 3.20. The van der Waals surface area contributed by atoms with Gasteiger partial charge in [0.05, 0.1) is 6.61 Å². The van der Waals surface area contributed by atoms with Crippen LogP contribution >= 0.6 is 0 Å². The van der Waals surface area contributed by atoms with Crippen LogP contribution in [0.4, 0.5) is 4.39 Å². The summed E-state index contributed by atoms with van der Waals surface area (Å²) in [5.41, 5.74) is 0.610. The molecular weight excluding hydrogens is 323 g/mol. The van der Waals surface area contributed by atoms with Gasteiger partial charge in [0, 0.05) is 32.0 Å². The molecule has 25 heavy (non-hydrogen) atoms. The Labute approximate surface area is 148 Å². The number of benzene rings is 1. The number of methoxy groups -OCH3 is 1. The molecule has 1 saturated carbocycles. The van der Waals surface area contributed by atoms with Crippen LogP contribution in [0, 0.1) is 17.7 Å². The maximum atomic E-state index is 13.5. The molecule has 1 aliphatic rings. The second kappa shape index (κ2) is 10.1. The summed E-state index contributed by atoms with van der Waals surface area (Å²) in [7, 11) is 1.60. The summed E-state index contributed by atoms with van der Waals surface area (Å²) >= 11 is 0. The van der Waals surface area contributed by atoms with Gasteiger partial charge in [0.1, 0.15) is 5.82 Å². The molecular formula is C19H27FN2O3. The topological polar surface area (TPSA) is 67.4 Å². The van der Waals surface area contributed by atoms with E-state index < -0.39 is 0 Å². The molecule has 0 atom stereocenters. The second-order valence-corrected chi connectivity index (χ2v) is 6.46. The Morgan fingerprint density at radius 2 is 1.60 bits per heavy atom. The van der Waals surface area contributed by atoms with Crippen LogP contribution in [0.2, 0.25) is 0 Å². The monoisotopic (exact) mass is 350 g/mol. The number of amides is 2. The van der Waals surface area contributed by atoms with E-state index >= 15 is 0 Å². The Kier molecular flexibility index (Phi) is 7.85. The predicted molar refractivity (Wildman–Crippen MR) is 93.4 cm³/mol. The van der Waals surface area contributed by atoms with Crippen molar-refractivity contribution in [2.75, 3.05) is 26.8 Å². The largest absolute Gasteiger partial charge is 0.383 e. The number of carbonyl (C=O) groups excluding carboxylic acids is 2. The summed E-state index contributed by atoms with van der Waals surface area (Å²) in [5.74, 6) is -0.246. The number of ether oxygens (including phenoxy) is 1. The molecule has 1 aromatic carbocycles. The molecule has 5 nitrogen and oxygen atoms in total. The average molecular weight is 350 g/mol. The van der Waals surface area contributed by atoms with Crippen molar-refractivity contribution in [3.63, 3.8) is 0 Å². The van der Waals surface area contributed by atoms with Crippen molar-refractivity contribution in [3.05, 3.63) is 35.6 Å². The maximum absolute atomic E-state index is 13.5. The second-order valence-electron chi connectivity index (χ2n) is 6.46. The van der Waals surface area contributed by atoms with Crippen molar-refractivity contribution in [2.24, 2.45) is 11.8 Å². The number of nitrogens with one attached hydrogen (secondary N) is 2. The van der Waals surface area contributed by atoms with Crippen molar-refractivity contribution in [1.82, 2.24) is 10.6 Å². The minimum atomic E-state index is -0.239. The van der Waals surface area contributed by atoms with Crippen LogP contribution in [0.25, 0.3) is 0 Å². The van der Waals surface area contributed by atoms with Gasteiger partial charge in [-0.3, -0.25) is 9.59 Å². The van der Waals surface area contributed by atoms with Gasteiger partial charge in [0.25, 0.3) is 0 Å². The average Bonchev–Trinajstić information content (AvgIpc) is 2.63. The lowest BCUT2D eigenvalue weighted by Crippen LogP contribution is -2.38. The first-order chi connectivity index (χ1) is 12.1. The highest BCUT2D eigenvalue weighted by atomic mass is 19.1. The molecule has 1 aliphatic carbocycles. The zero-order valence-corrected chi connectivity index (χ0v) is 14.7. The molecule has 1 aromatic rings. The molecule has 0 unspecified atom stereocenters. The quantitative estimate of drug-likeness (QED) is 0.705. The van der Waals surface area contributed by atoms with Gasteiger partial charge in [-0.05, 0) is 43.7 Å². The van der Waals surface area contributed by atoms with Crippen LogP contribution < -0.4 is 10.6 Å². The molecule has 138 valence electrons. The fraction of sp³-hybridized carbons (Fsp3) is 0.579. The first-order valence-electron chi connectivity index (χ1n) is 8.89. The molecule has 2 rings (SSSR count). The molecule has 0 radical (unpaired) electrons. The summed E-state index contributed by atoms with van der Waals surface area (Å²) in [5, 5.41) is 5.75. The Morgan fingerprint density at radius 3 is 2.16 bits per heavy atom. The molecule has 1 fully saturated rings. The SMILES string of the molecule is COCCNC(=O)C1CCC(C(=O)NCCc2ccccc2F)CC1. The van der Waals surface area contributed by atoms with E-state index in [9.17, 15) is 14.0 Å². The predicted octanol–water partition coefficient (Wildman–Crippen LogP) is 2.05. The van der Waals surface area contributed by atoms with Gasteiger partial charge < -0.3 is 15.4 Å². The first-order valence-corrected chi connectivity index (χ1v) is 8.89. The normalized spacial score (nSPS) is 20.1. The van der Waals surface area contributed by atoms with Crippen LogP contribution in [0.3, 0.4) is 0 Å². The van der Waals surface area contributed by atoms with Gasteiger partial charge in [-0.2, -0.15) is 0 Å². The molecule has 0 saturated heterocycles. The third-order valence-corrected chi connectivity index (χ3v) is 4.73. The number of hydrogen-bond donors (Lipinski definition) is 2. The lowest BCUT2D eigenvalue weighted by Gasteiger charge is -2.27. The zero-order valence-electron chi connectivity index (χ0n) is 14.7. The van der Waals surface area contributed by atoms with Gasteiger partial charge in [0.2, 0.25) is 11.8 Å². The number of hydrogen-bond acceptors (Lipinski definition) is 3. The highest BCUT2D eigenvalue weighted by molar-refractivity contribution is 5.81. The highest BCUT2D eigenvalue weighted by Gasteiger charge is 2.29. The van der Waals surface area contributed by atoms with Gasteiger partial charge in [0.15, 0.2) is 0 Å². The van der Waals surface area contributed by atoms with Crippen molar-refractivity contribution >= 4 is 11.8 Å². The van der Waals surface area contributed by atoms with Gasteiger partial charge in [-0.15, -0.1) is 0 Å². The molecule has 0 aromatic heterocycles. The van der Waals surface area contributed by atoms with Crippen LogP contribution in [-0.2, 0) is 20.7 Å². The molecule has 6 heteroatoms. The van der Waals surface area contributed by atoms with Crippen molar-refractivity contribution < 1.29 is 18.7 Å². The molecule has 0 aliphatic heterocycles. The molecule has 2 N–H and O–H groups in total. The van der Waals surface area contributed by atoms with Crippen molar-refractivity contribution in [2.45, 2.75) is 32.1 Å². The van der Waals surface area contributed by atoms with Crippen molar-refractivity contribution in [3.8, 4) is 0 Å². The molecule has 0 heterocycles. The Hall–Kier alpha value is -1.95. The highest BCUT2D eigenvalue weighted by Crippen LogP contribution is 2.29. The van der Waals surface area contributed by atoms with E-state index in [1.165, 1.54) is 6.07 Å². The lowest BCUT2D eigenvalue weighted by atomic mass is 9.81. The standard InChI is InChI=1S/C19H27FN2O3/c1-25-13-12-22-19(24)16-8-6-15(7-9-16)18(23)21-11-10-14-4-2-3-5-17(14)20/h2-5,15-16H,6-13H2,1H3,(H,21,23)(H,22,24). The third kappa shape index (κ3) is 6.12. The first kappa shape index (κ1) is 19.4. The smallest absolute Gasteiger partial charge is 0.223 e. The molecule has 0 bridgehead atoms. The summed E-state index contributed by atoms with van der Waals surface area (Å²) in [6.45, 7) is 1.45. The van der Waals surface area contributed by atoms with Gasteiger partial charge in [-0.1, -0.05) is 18.2 Å². The van der Waals surface area contributed by atoms with E-state index in [-0.39, 0.29) is 29.5 Å². The number of rotatable bonds is 8. The van der Waals surface area contributed by atoms with Crippen LogP contribution in [-0.4, -0.2) is 38.6 Å². The van der Waals surface area contributed by atoms with Crippen LogP contribution in [0.5, 0.6) is 0 Å². The fourth-order valence-corrected chi connectivity index (χ4v) is 3.20. The van der Waals surface area contributed by atoms with Gasteiger partial charge in [-0.25, -0.2) is 4.39 Å². The molecule has 0 spiro atoms. The van der Waals surface area contributed by atoms with Crippen LogP contribution in [0.1, 0.15) is 31.2 Å². The van der Waals surface area contributed by atoms with Crippen molar-refractivity contribution in [1.29, 1.82) is 0 Å². The number of carbonyl (C=O) groups is 2. The van der Waals surface area contributed by atoms with E-state index in [2.05, 4.69) is 10.6 Å². The minimum Gasteiger partial charge on any atom is -0.383 e. The van der Waals surface area contributed by atoms with E-state index in [1.54, 1.807) is 25.3 Å². The lowest BCUT2D eigenvalue weighted by molar-refractivity contribution is -0.130. The summed E-state index contributed by atoms with van der Waals surface area (Å²) < 4.78 is 18.5. The van der Waals surface area contributed by atoms with Crippen LogP contribution in [0.15, 0.2) is 24.3 Å². The summed E-state index contributed by atoms with van der Waals surface area (Å²) in [6.07, 6.45) is 3.37. The number of halogens is 1. The summed E-state index contributed by atoms with van der Waals surface area (Å²) in [6, 6.07) is 6.60. The van der Waals surface area contributed by atoms with E-state index in [0.717, 1.165) is 12.8 Å². The minimum absolute atomic E-state index is 0.00887. The molecule has 2 amide bonds. The van der Waals surface area contributed by atoms with E-state index in [1.807, 2.05) is 0 Å². The van der Waals surface area contributed by atoms with E-state index in [0.29, 0.717) is 44.5 Å². The third-order valence-electron chi connectivity index (χ3n) is 4.73. The Morgan fingerprint density at radius 1 is 1.04 bits per heavy atom.